The van der Waals surface area contributed by atoms with Gasteiger partial charge in [0.1, 0.15) is 0 Å². The van der Waals surface area contributed by atoms with Crippen molar-refractivity contribution in [2.24, 2.45) is 5.92 Å². The summed E-state index contributed by atoms with van der Waals surface area (Å²) in [6.07, 6.45) is 0.835. The van der Waals surface area contributed by atoms with Crippen LogP contribution in [0.25, 0.3) is 0 Å². The minimum atomic E-state index is -3.97. The zero-order chi connectivity index (χ0) is 11.9. The zero-order valence-electron chi connectivity index (χ0n) is 9.14. The van der Waals surface area contributed by atoms with Gasteiger partial charge in [0, 0.05) is 0 Å². The SMILES string of the molecule is CC(C)CCNCCC(O)S(=O)(=O)B=O. The summed E-state index contributed by atoms with van der Waals surface area (Å²) >= 11 is 0. The van der Waals surface area contributed by atoms with Gasteiger partial charge in [0.25, 0.3) is 0 Å². The van der Waals surface area contributed by atoms with Gasteiger partial charge in [-0.15, -0.1) is 0 Å². The van der Waals surface area contributed by atoms with Crippen LogP contribution in [0.4, 0.5) is 0 Å². The Morgan fingerprint density at radius 1 is 1.27 bits per heavy atom. The van der Waals surface area contributed by atoms with E-state index in [-0.39, 0.29) is 12.8 Å². The van der Waals surface area contributed by atoms with Crippen LogP contribution in [0.15, 0.2) is 0 Å². The van der Waals surface area contributed by atoms with Gasteiger partial charge in [-0.1, -0.05) is 0 Å². The van der Waals surface area contributed by atoms with Crippen molar-refractivity contribution in [3.8, 4) is 0 Å². The first-order valence-electron chi connectivity index (χ1n) is 4.98. The molecular weight excluding hydrogens is 217 g/mol. The number of nitrogens with one attached hydrogen (secondary N) is 1. The van der Waals surface area contributed by atoms with E-state index >= 15 is 0 Å². The first-order chi connectivity index (χ1) is 6.90. The summed E-state index contributed by atoms with van der Waals surface area (Å²) in [6.45, 7) is 5.35. The Kier molecular flexibility index (Phi) is 6.96. The quantitative estimate of drug-likeness (QED) is 0.446. The van der Waals surface area contributed by atoms with Gasteiger partial charge < -0.3 is 0 Å². The van der Waals surface area contributed by atoms with Crippen molar-refractivity contribution >= 4 is 16.1 Å². The van der Waals surface area contributed by atoms with Crippen LogP contribution in [0.1, 0.15) is 26.7 Å². The van der Waals surface area contributed by atoms with E-state index in [1.54, 1.807) is 0 Å². The second-order valence-corrected chi connectivity index (χ2v) is 5.78. The first-order valence-corrected chi connectivity index (χ1v) is 6.59. The number of aliphatic hydroxyl groups excluding tert-OH is 1. The van der Waals surface area contributed by atoms with Crippen LogP contribution in [-0.2, 0) is 14.4 Å². The zero-order valence-corrected chi connectivity index (χ0v) is 9.96. The van der Waals surface area contributed by atoms with Crippen LogP contribution < -0.4 is 5.32 Å². The summed E-state index contributed by atoms with van der Waals surface area (Å²) in [6, 6.07) is 0. The van der Waals surface area contributed by atoms with Crippen molar-refractivity contribution < 1.29 is 18.2 Å². The molecule has 15 heavy (non-hydrogen) atoms. The van der Waals surface area contributed by atoms with E-state index in [9.17, 15) is 13.1 Å². The molecular formula is C8H18BNO4S. The molecule has 88 valence electrons. The second-order valence-electron chi connectivity index (χ2n) is 3.86. The monoisotopic (exact) mass is 235 g/mol. The molecule has 0 saturated carbocycles. The molecule has 0 aromatic carbocycles. The maximum absolute atomic E-state index is 10.8. The predicted octanol–water partition coefficient (Wildman–Crippen LogP) is -0.290. The third-order valence-corrected chi connectivity index (χ3v) is 3.24. The molecule has 0 amide bonds. The van der Waals surface area contributed by atoms with Crippen LogP contribution in [0.5, 0.6) is 0 Å². The molecule has 0 spiro atoms. The van der Waals surface area contributed by atoms with Gasteiger partial charge in [0.05, 0.1) is 0 Å². The molecule has 0 heterocycles. The number of hydrogen-bond donors (Lipinski definition) is 2. The number of hydrogen-bond acceptors (Lipinski definition) is 5. The molecule has 0 aliphatic rings. The molecule has 0 fully saturated rings. The van der Waals surface area contributed by atoms with E-state index in [4.69, 9.17) is 5.11 Å². The van der Waals surface area contributed by atoms with E-state index in [0.717, 1.165) is 13.0 Å². The molecule has 0 aromatic heterocycles. The van der Waals surface area contributed by atoms with E-state index in [0.29, 0.717) is 12.5 Å². The molecule has 1 atom stereocenters. The van der Waals surface area contributed by atoms with Crippen LogP contribution in [0, 0.1) is 5.92 Å². The van der Waals surface area contributed by atoms with Gasteiger partial charge in [-0.2, -0.15) is 0 Å². The van der Waals surface area contributed by atoms with Gasteiger partial charge in [-0.05, 0) is 0 Å². The molecule has 7 heteroatoms. The van der Waals surface area contributed by atoms with Gasteiger partial charge in [-0.25, -0.2) is 0 Å². The van der Waals surface area contributed by atoms with E-state index in [1.807, 2.05) is 0 Å². The predicted molar refractivity (Wildman–Crippen MR) is 58.3 cm³/mol. The van der Waals surface area contributed by atoms with Crippen LogP contribution in [-0.4, -0.2) is 38.5 Å². The van der Waals surface area contributed by atoms with Crippen LogP contribution in [0.3, 0.4) is 0 Å². The first kappa shape index (κ1) is 14.7. The summed E-state index contributed by atoms with van der Waals surface area (Å²) in [5, 5.41) is 12.1. The molecule has 0 bridgehead atoms. The second kappa shape index (κ2) is 7.08. The molecule has 1 unspecified atom stereocenters. The Morgan fingerprint density at radius 2 is 1.80 bits per heavy atom. The van der Waals surface area contributed by atoms with Crippen molar-refractivity contribution in [2.75, 3.05) is 13.1 Å². The van der Waals surface area contributed by atoms with E-state index < -0.39 is 15.1 Å². The van der Waals surface area contributed by atoms with Crippen molar-refractivity contribution in [1.29, 1.82) is 0 Å². The van der Waals surface area contributed by atoms with Gasteiger partial charge in [0.15, 0.2) is 0 Å². The van der Waals surface area contributed by atoms with Crippen molar-refractivity contribution in [1.82, 2.24) is 5.32 Å². The molecule has 5 nitrogen and oxygen atoms in total. The Bertz CT molecular complexity index is 278. The molecule has 0 aliphatic heterocycles. The number of rotatable bonds is 8. The molecule has 2 N–H and O–H groups in total. The average molecular weight is 235 g/mol. The van der Waals surface area contributed by atoms with Crippen molar-refractivity contribution in [3.05, 3.63) is 0 Å². The summed E-state index contributed by atoms with van der Waals surface area (Å²) in [5.74, 6) is 0.584. The summed E-state index contributed by atoms with van der Waals surface area (Å²) in [5.41, 5.74) is -1.58. The summed E-state index contributed by atoms with van der Waals surface area (Å²) < 4.78 is 31.7. The molecule has 0 radical (unpaired) electrons. The van der Waals surface area contributed by atoms with Crippen LogP contribution in [0.2, 0.25) is 0 Å². The minimum absolute atomic E-state index is 0.0408. The fourth-order valence-electron chi connectivity index (χ4n) is 0.970. The molecule has 0 aromatic rings. The third kappa shape index (κ3) is 6.75. The Balaban J connectivity index is 3.65. The van der Waals surface area contributed by atoms with Crippen LogP contribution >= 0.6 is 0 Å². The van der Waals surface area contributed by atoms with E-state index in [2.05, 4.69) is 19.2 Å². The van der Waals surface area contributed by atoms with Gasteiger partial charge in [-0.3, -0.25) is 0 Å². The van der Waals surface area contributed by atoms with Gasteiger partial charge >= 0.3 is 90.8 Å². The molecule has 0 rings (SSSR count). The normalized spacial score (nSPS) is 13.9. The Labute approximate surface area is 91.3 Å². The molecule has 0 aliphatic carbocycles. The topological polar surface area (TPSA) is 83.5 Å². The Hall–Kier alpha value is -0.265. The fourth-order valence-corrected chi connectivity index (χ4v) is 1.54. The Morgan fingerprint density at radius 3 is 2.27 bits per heavy atom. The third-order valence-electron chi connectivity index (χ3n) is 1.98. The van der Waals surface area contributed by atoms with Crippen molar-refractivity contribution in [3.63, 3.8) is 0 Å². The molecule has 0 saturated heterocycles. The van der Waals surface area contributed by atoms with Gasteiger partial charge in [0.2, 0.25) is 0 Å². The van der Waals surface area contributed by atoms with E-state index in [1.165, 1.54) is 0 Å². The van der Waals surface area contributed by atoms with Crippen molar-refractivity contribution in [2.45, 2.75) is 32.1 Å². The average Bonchev–Trinajstić information content (AvgIpc) is 2.16. The summed E-state index contributed by atoms with van der Waals surface area (Å²) in [4.78, 5) is 0. The maximum atomic E-state index is 10.8. The standard InChI is InChI=1S/C8H18BNO4S/c1-7(2)3-5-10-6-4-8(11)15(13,14)9-12/h7-8,10-11H,3-6H2,1-2H3. The summed E-state index contributed by atoms with van der Waals surface area (Å²) in [7, 11) is -3.97. The number of aliphatic hydroxyl groups is 1. The fraction of sp³-hybridized carbons (Fsp3) is 1.00.